The summed E-state index contributed by atoms with van der Waals surface area (Å²) in [5, 5.41) is 14.0. The normalized spacial score (nSPS) is 12.9. The third kappa shape index (κ3) is 6.13. The van der Waals surface area contributed by atoms with E-state index in [-0.39, 0.29) is 0 Å². The summed E-state index contributed by atoms with van der Waals surface area (Å²) in [5.74, 6) is 0. The summed E-state index contributed by atoms with van der Waals surface area (Å²) in [5.41, 5.74) is 14.3. The van der Waals surface area contributed by atoms with Crippen molar-refractivity contribution >= 4 is 51.0 Å². The van der Waals surface area contributed by atoms with Crippen molar-refractivity contribution in [2.45, 2.75) is 0 Å². The Bertz CT molecular complexity index is 2520. The summed E-state index contributed by atoms with van der Waals surface area (Å²) >= 11 is 0. The molecule has 2 N–H and O–H groups in total. The third-order valence-corrected chi connectivity index (χ3v) is 9.80. The lowest BCUT2D eigenvalue weighted by Gasteiger charge is -2.26. The van der Waals surface area contributed by atoms with Gasteiger partial charge in [-0.05, 0) is 101 Å². The van der Waals surface area contributed by atoms with Gasteiger partial charge in [0.1, 0.15) is 0 Å². The van der Waals surface area contributed by atoms with Crippen LogP contribution in [0, 0.1) is 5.41 Å². The lowest BCUT2D eigenvalue weighted by molar-refractivity contribution is 1.09. The lowest BCUT2D eigenvalue weighted by Crippen LogP contribution is -2.11. The van der Waals surface area contributed by atoms with E-state index >= 15 is 0 Å². The van der Waals surface area contributed by atoms with E-state index in [4.69, 9.17) is 0 Å². The third-order valence-electron chi connectivity index (χ3n) is 9.80. The smallest absolute Gasteiger partial charge is 0.0649 e. The van der Waals surface area contributed by atoms with Gasteiger partial charge in [0.15, 0.2) is 0 Å². The zero-order valence-corrected chi connectivity index (χ0v) is 29.0. The van der Waals surface area contributed by atoms with Crippen molar-refractivity contribution in [2.75, 3.05) is 10.2 Å². The van der Waals surface area contributed by atoms with Gasteiger partial charge in [0.05, 0.1) is 16.9 Å². The van der Waals surface area contributed by atoms with Gasteiger partial charge in [-0.15, -0.1) is 0 Å². The number of nitrogens with zero attached hydrogens (tertiary/aromatic N) is 2. The highest BCUT2D eigenvalue weighted by Gasteiger charge is 2.25. The number of fused-ring (bicyclic) bond motifs is 3. The first kappa shape index (κ1) is 31.8. The van der Waals surface area contributed by atoms with Crippen molar-refractivity contribution in [1.29, 1.82) is 5.41 Å². The van der Waals surface area contributed by atoms with E-state index in [0.29, 0.717) is 5.71 Å². The highest BCUT2D eigenvalue weighted by atomic mass is 15.1. The Balaban J connectivity index is 1.15. The molecule has 1 aliphatic carbocycles. The summed E-state index contributed by atoms with van der Waals surface area (Å²) in [4.78, 5) is 2.27. The van der Waals surface area contributed by atoms with E-state index in [1.54, 1.807) is 0 Å². The van der Waals surface area contributed by atoms with Crippen LogP contribution in [0.3, 0.4) is 0 Å². The van der Waals surface area contributed by atoms with Crippen molar-refractivity contribution in [3.63, 3.8) is 0 Å². The molecule has 1 aromatic heterocycles. The van der Waals surface area contributed by atoms with Crippen LogP contribution in [0.1, 0.15) is 11.3 Å². The first-order chi connectivity index (χ1) is 26.2. The maximum absolute atomic E-state index is 9.19. The van der Waals surface area contributed by atoms with Crippen LogP contribution < -0.4 is 10.2 Å². The maximum atomic E-state index is 9.19. The predicted molar refractivity (Wildman–Crippen MR) is 224 cm³/mol. The number of aromatic nitrogens is 1. The van der Waals surface area contributed by atoms with E-state index in [1.807, 2.05) is 36.5 Å². The molecule has 0 saturated heterocycles. The van der Waals surface area contributed by atoms with Gasteiger partial charge >= 0.3 is 0 Å². The van der Waals surface area contributed by atoms with Gasteiger partial charge < -0.3 is 20.2 Å². The number of benzene rings is 7. The van der Waals surface area contributed by atoms with Crippen LogP contribution >= 0.6 is 0 Å². The average Bonchev–Trinajstić information content (AvgIpc) is 3.56. The molecule has 53 heavy (non-hydrogen) atoms. The second kappa shape index (κ2) is 13.9. The van der Waals surface area contributed by atoms with Gasteiger partial charge in [-0.3, -0.25) is 0 Å². The molecule has 0 radical (unpaired) electrons. The van der Waals surface area contributed by atoms with Crippen molar-refractivity contribution < 1.29 is 0 Å². The van der Waals surface area contributed by atoms with E-state index in [1.165, 1.54) is 0 Å². The topological polar surface area (TPSA) is 44.1 Å². The Morgan fingerprint density at radius 2 is 1.00 bits per heavy atom. The Morgan fingerprint density at radius 1 is 0.491 bits per heavy atom. The molecule has 9 rings (SSSR count). The molecule has 0 spiro atoms. The number of allylic oxidation sites excluding steroid dienone is 2. The molecule has 1 aliphatic rings. The van der Waals surface area contributed by atoms with Crippen molar-refractivity contribution in [2.24, 2.45) is 0 Å². The molecule has 0 aliphatic heterocycles. The summed E-state index contributed by atoms with van der Waals surface area (Å²) in [6.07, 6.45) is 5.99. The van der Waals surface area contributed by atoms with Crippen molar-refractivity contribution in [3.8, 4) is 27.9 Å². The Hall–Kier alpha value is -7.17. The molecule has 252 valence electrons. The highest BCUT2D eigenvalue weighted by molar-refractivity contribution is 6.32. The molecular weight excluding hydrogens is 645 g/mol. The SMILES string of the molecule is N=C1C=Cc2c(n(-c3ccc(N(c4ccccc4)c4ccccc4)cc3)c3ccccc23)/C1=C/Nc1cc(-c2ccccc2)cc(-c2ccccc2)c1. The van der Waals surface area contributed by atoms with Crippen LogP contribution in [0.4, 0.5) is 22.7 Å². The second-order valence-corrected chi connectivity index (χ2v) is 13.1. The molecule has 0 amide bonds. The van der Waals surface area contributed by atoms with Gasteiger partial charge in [-0.1, -0.05) is 121 Å². The summed E-state index contributed by atoms with van der Waals surface area (Å²) < 4.78 is 2.30. The maximum Gasteiger partial charge on any atom is 0.0649 e. The monoisotopic (exact) mass is 680 g/mol. The quantitative estimate of drug-likeness (QED) is 0.168. The Morgan fingerprint density at radius 3 is 1.58 bits per heavy atom. The lowest BCUT2D eigenvalue weighted by atomic mass is 9.95. The largest absolute Gasteiger partial charge is 0.361 e. The number of rotatable bonds is 8. The number of para-hydroxylation sites is 3. The van der Waals surface area contributed by atoms with Crippen LogP contribution in [0.25, 0.3) is 50.5 Å². The molecule has 1 heterocycles. The Kier molecular flexibility index (Phi) is 8.31. The standard InChI is InChI=1S/C49H36N4/c50-47-30-29-45-44-23-13-14-24-48(44)53(43-27-25-42(26-28-43)52(40-19-9-3-10-20-40)41-21-11-4-12-22-41)49(45)46(47)34-51-39-32-37(35-15-5-1-6-16-35)31-38(33-39)36-17-7-2-8-18-36/h1-34,50-51H/b46-34+,50-47?. The van der Waals surface area contributed by atoms with E-state index in [9.17, 15) is 5.41 Å². The molecule has 0 bridgehead atoms. The molecule has 7 aromatic carbocycles. The van der Waals surface area contributed by atoms with Gasteiger partial charge in [-0.2, -0.15) is 0 Å². The fraction of sp³-hybridized carbons (Fsp3) is 0. The van der Waals surface area contributed by atoms with Gasteiger partial charge in [0.2, 0.25) is 0 Å². The molecule has 0 atom stereocenters. The van der Waals surface area contributed by atoms with Gasteiger partial charge in [0, 0.05) is 51.2 Å². The minimum Gasteiger partial charge on any atom is -0.361 e. The van der Waals surface area contributed by atoms with Gasteiger partial charge in [-0.25, -0.2) is 0 Å². The fourth-order valence-electron chi connectivity index (χ4n) is 7.31. The van der Waals surface area contributed by atoms with Crippen LogP contribution in [0.2, 0.25) is 0 Å². The Labute approximate surface area is 309 Å². The molecule has 4 nitrogen and oxygen atoms in total. The van der Waals surface area contributed by atoms with E-state index in [0.717, 1.165) is 78.4 Å². The number of anilines is 4. The van der Waals surface area contributed by atoms with E-state index < -0.39 is 0 Å². The van der Waals surface area contributed by atoms with E-state index in [2.05, 4.69) is 185 Å². The van der Waals surface area contributed by atoms with Crippen molar-refractivity contribution in [1.82, 2.24) is 4.57 Å². The molecule has 0 saturated carbocycles. The minimum atomic E-state index is 0.451. The highest BCUT2D eigenvalue weighted by Crippen LogP contribution is 2.40. The molecule has 0 unspecified atom stereocenters. The van der Waals surface area contributed by atoms with Crippen molar-refractivity contribution in [3.05, 3.63) is 212 Å². The van der Waals surface area contributed by atoms with Crippen LogP contribution in [-0.4, -0.2) is 10.3 Å². The first-order valence-corrected chi connectivity index (χ1v) is 17.9. The summed E-state index contributed by atoms with van der Waals surface area (Å²) in [6.45, 7) is 0. The zero-order chi connectivity index (χ0) is 35.6. The molecule has 4 heteroatoms. The predicted octanol–water partition coefficient (Wildman–Crippen LogP) is 12.9. The number of hydrogen-bond acceptors (Lipinski definition) is 3. The molecule has 0 fully saturated rings. The zero-order valence-electron chi connectivity index (χ0n) is 29.0. The molecular formula is C49H36N4. The van der Waals surface area contributed by atoms with Gasteiger partial charge in [0.25, 0.3) is 0 Å². The summed E-state index contributed by atoms with van der Waals surface area (Å²) in [7, 11) is 0. The average molecular weight is 681 g/mol. The first-order valence-electron chi connectivity index (χ1n) is 17.9. The molecule has 8 aromatic rings. The summed E-state index contributed by atoms with van der Waals surface area (Å²) in [6, 6.07) is 65.7. The van der Waals surface area contributed by atoms with Crippen LogP contribution in [0.15, 0.2) is 200 Å². The van der Waals surface area contributed by atoms with Crippen LogP contribution in [0.5, 0.6) is 0 Å². The fourth-order valence-corrected chi connectivity index (χ4v) is 7.31. The minimum absolute atomic E-state index is 0.451. The number of hydrogen-bond donors (Lipinski definition) is 2. The van der Waals surface area contributed by atoms with Crippen LogP contribution in [-0.2, 0) is 0 Å². The second-order valence-electron chi connectivity index (χ2n) is 13.1. The number of nitrogens with one attached hydrogen (secondary N) is 2.